The van der Waals surface area contributed by atoms with Crippen LogP contribution in [0.4, 0.5) is 20.6 Å². The second-order valence-corrected chi connectivity index (χ2v) is 7.01. The van der Waals surface area contributed by atoms with E-state index in [4.69, 9.17) is 4.74 Å². The number of benzene rings is 2. The van der Waals surface area contributed by atoms with Crippen molar-refractivity contribution >= 4 is 35.3 Å². The lowest BCUT2D eigenvalue weighted by molar-refractivity contribution is -0.127. The van der Waals surface area contributed by atoms with Gasteiger partial charge in [-0.25, -0.2) is 14.1 Å². The van der Waals surface area contributed by atoms with Gasteiger partial charge in [0, 0.05) is 30.4 Å². The molecule has 2 N–H and O–H groups in total. The zero-order valence-corrected chi connectivity index (χ0v) is 18.1. The quantitative estimate of drug-likeness (QED) is 0.486. The smallest absolute Gasteiger partial charge is 0.329 e. The number of carbonyl (C=O) groups excluding carboxylic acids is 3. The van der Waals surface area contributed by atoms with Crippen molar-refractivity contribution in [2.45, 2.75) is 13.8 Å². The van der Waals surface area contributed by atoms with Gasteiger partial charge in [-0.05, 0) is 44.2 Å². The van der Waals surface area contributed by atoms with Gasteiger partial charge in [0.2, 0.25) is 5.91 Å². The van der Waals surface area contributed by atoms with Crippen LogP contribution in [0.3, 0.4) is 0 Å². The van der Waals surface area contributed by atoms with Crippen LogP contribution >= 0.6 is 0 Å². The Kier molecular flexibility index (Phi) is 7.09. The molecule has 0 spiro atoms. The van der Waals surface area contributed by atoms with Crippen molar-refractivity contribution in [1.29, 1.82) is 0 Å². The van der Waals surface area contributed by atoms with Gasteiger partial charge in [0.15, 0.2) is 0 Å². The molecule has 1 fully saturated rings. The number of hydrogen-bond donors (Lipinski definition) is 2. The van der Waals surface area contributed by atoms with Crippen LogP contribution in [0.1, 0.15) is 19.4 Å². The van der Waals surface area contributed by atoms with Crippen LogP contribution in [-0.4, -0.2) is 49.5 Å². The van der Waals surface area contributed by atoms with Gasteiger partial charge in [-0.2, -0.15) is 0 Å². The SMILES string of the molecule is CCN(CC)c1ccc(/C=C2/NC(=O)N(CC(=O)Nc3ccccc3F)C2=O)c(OC)c1. The maximum atomic E-state index is 13.7. The number of nitrogens with zero attached hydrogens (tertiary/aromatic N) is 2. The fourth-order valence-electron chi connectivity index (χ4n) is 3.37. The Morgan fingerprint density at radius 2 is 1.91 bits per heavy atom. The molecule has 1 heterocycles. The van der Waals surface area contributed by atoms with E-state index >= 15 is 0 Å². The van der Waals surface area contributed by atoms with Crippen LogP contribution in [0.5, 0.6) is 5.75 Å². The van der Waals surface area contributed by atoms with Crippen LogP contribution < -0.4 is 20.3 Å². The number of nitrogens with one attached hydrogen (secondary N) is 2. The minimum atomic E-state index is -0.733. The number of carbonyl (C=O) groups is 3. The van der Waals surface area contributed by atoms with E-state index in [9.17, 15) is 18.8 Å². The van der Waals surface area contributed by atoms with Crippen molar-refractivity contribution in [3.05, 3.63) is 59.5 Å². The topological polar surface area (TPSA) is 91.0 Å². The van der Waals surface area contributed by atoms with E-state index in [1.807, 2.05) is 12.1 Å². The maximum absolute atomic E-state index is 13.7. The molecule has 0 aromatic heterocycles. The van der Waals surface area contributed by atoms with E-state index in [1.165, 1.54) is 31.4 Å². The number of urea groups is 1. The minimum absolute atomic E-state index is 0.0163. The highest BCUT2D eigenvalue weighted by Gasteiger charge is 2.35. The molecular weight excluding hydrogens is 415 g/mol. The molecule has 1 saturated heterocycles. The third-order valence-electron chi connectivity index (χ3n) is 5.06. The van der Waals surface area contributed by atoms with Gasteiger partial charge in [-0.3, -0.25) is 9.59 Å². The molecule has 168 valence electrons. The second-order valence-electron chi connectivity index (χ2n) is 7.01. The Morgan fingerprint density at radius 1 is 1.19 bits per heavy atom. The number of hydrogen-bond acceptors (Lipinski definition) is 5. The Morgan fingerprint density at radius 3 is 2.56 bits per heavy atom. The fourth-order valence-corrected chi connectivity index (χ4v) is 3.37. The van der Waals surface area contributed by atoms with Gasteiger partial charge < -0.3 is 20.3 Å². The first-order valence-corrected chi connectivity index (χ1v) is 10.2. The normalized spacial score (nSPS) is 14.5. The number of amides is 4. The molecule has 1 aliphatic heterocycles. The number of ether oxygens (including phenoxy) is 1. The number of para-hydroxylation sites is 1. The summed E-state index contributed by atoms with van der Waals surface area (Å²) in [6.07, 6.45) is 1.50. The summed E-state index contributed by atoms with van der Waals surface area (Å²) in [4.78, 5) is 40.1. The summed E-state index contributed by atoms with van der Waals surface area (Å²) in [7, 11) is 1.53. The first kappa shape index (κ1) is 22.8. The average Bonchev–Trinajstić information content (AvgIpc) is 3.04. The monoisotopic (exact) mass is 440 g/mol. The maximum Gasteiger partial charge on any atom is 0.329 e. The predicted molar refractivity (Wildman–Crippen MR) is 120 cm³/mol. The minimum Gasteiger partial charge on any atom is -0.496 e. The largest absolute Gasteiger partial charge is 0.496 e. The molecule has 2 aromatic carbocycles. The number of halogens is 1. The molecule has 3 rings (SSSR count). The van der Waals surface area contributed by atoms with Gasteiger partial charge in [0.25, 0.3) is 5.91 Å². The van der Waals surface area contributed by atoms with E-state index in [-0.39, 0.29) is 11.4 Å². The van der Waals surface area contributed by atoms with Crippen LogP contribution in [0, 0.1) is 5.82 Å². The van der Waals surface area contributed by atoms with E-state index < -0.39 is 30.2 Å². The molecule has 9 heteroatoms. The van der Waals surface area contributed by atoms with Gasteiger partial charge in [0.1, 0.15) is 23.8 Å². The third-order valence-corrected chi connectivity index (χ3v) is 5.06. The molecular formula is C23H25FN4O4. The molecule has 1 aliphatic rings. The molecule has 0 saturated carbocycles. The summed E-state index contributed by atoms with van der Waals surface area (Å²) >= 11 is 0. The van der Waals surface area contributed by atoms with Gasteiger partial charge >= 0.3 is 6.03 Å². The van der Waals surface area contributed by atoms with Crippen molar-refractivity contribution in [3.8, 4) is 5.75 Å². The lowest BCUT2D eigenvalue weighted by Crippen LogP contribution is -2.38. The first-order chi connectivity index (χ1) is 15.4. The van der Waals surface area contributed by atoms with Crippen LogP contribution in [0.2, 0.25) is 0 Å². The zero-order chi connectivity index (χ0) is 23.3. The van der Waals surface area contributed by atoms with E-state index in [1.54, 1.807) is 12.1 Å². The molecule has 0 unspecified atom stereocenters. The summed E-state index contributed by atoms with van der Waals surface area (Å²) in [5.41, 5.74) is 1.56. The molecule has 0 aliphatic carbocycles. The Hall–Kier alpha value is -3.88. The van der Waals surface area contributed by atoms with E-state index in [0.29, 0.717) is 11.3 Å². The standard InChI is InChI=1S/C23H25FN4O4/c1-4-27(5-2)16-11-10-15(20(13-16)32-3)12-19-22(30)28(23(31)26-19)14-21(29)25-18-9-7-6-8-17(18)24/h6-13H,4-5,14H2,1-3H3,(H,25,29)(H,26,31)/b19-12+. The lowest BCUT2D eigenvalue weighted by atomic mass is 10.1. The van der Waals surface area contributed by atoms with Crippen molar-refractivity contribution < 1.29 is 23.5 Å². The molecule has 2 aromatic rings. The molecule has 0 radical (unpaired) electrons. The summed E-state index contributed by atoms with van der Waals surface area (Å²) < 4.78 is 19.2. The van der Waals surface area contributed by atoms with E-state index in [2.05, 4.69) is 29.4 Å². The highest BCUT2D eigenvalue weighted by Crippen LogP contribution is 2.28. The summed E-state index contributed by atoms with van der Waals surface area (Å²) in [6.45, 7) is 5.22. The molecule has 8 nitrogen and oxygen atoms in total. The highest BCUT2D eigenvalue weighted by atomic mass is 19.1. The number of methoxy groups -OCH3 is 1. The molecule has 0 atom stereocenters. The Labute approximate surface area is 185 Å². The number of rotatable bonds is 8. The molecule has 32 heavy (non-hydrogen) atoms. The van der Waals surface area contributed by atoms with Gasteiger partial charge in [-0.15, -0.1) is 0 Å². The lowest BCUT2D eigenvalue weighted by Gasteiger charge is -2.22. The Bertz CT molecular complexity index is 1070. The average molecular weight is 440 g/mol. The van der Waals surface area contributed by atoms with Crippen LogP contribution in [0.15, 0.2) is 48.2 Å². The van der Waals surface area contributed by atoms with E-state index in [0.717, 1.165) is 23.7 Å². The number of imide groups is 1. The highest BCUT2D eigenvalue weighted by molar-refractivity contribution is 6.16. The molecule has 0 bridgehead atoms. The second kappa shape index (κ2) is 9.95. The predicted octanol–water partition coefficient (Wildman–Crippen LogP) is 3.21. The van der Waals surface area contributed by atoms with Crippen molar-refractivity contribution in [1.82, 2.24) is 10.2 Å². The van der Waals surface area contributed by atoms with Gasteiger partial charge in [0.05, 0.1) is 12.8 Å². The van der Waals surface area contributed by atoms with Crippen molar-refractivity contribution in [2.24, 2.45) is 0 Å². The van der Waals surface area contributed by atoms with Crippen LogP contribution in [-0.2, 0) is 9.59 Å². The van der Waals surface area contributed by atoms with Gasteiger partial charge in [-0.1, -0.05) is 12.1 Å². The first-order valence-electron chi connectivity index (χ1n) is 10.2. The van der Waals surface area contributed by atoms with Crippen molar-refractivity contribution in [2.75, 3.05) is 37.0 Å². The number of anilines is 2. The third kappa shape index (κ3) is 4.88. The summed E-state index contributed by atoms with van der Waals surface area (Å²) in [5, 5.41) is 4.83. The van der Waals surface area contributed by atoms with Crippen LogP contribution in [0.25, 0.3) is 6.08 Å². The summed E-state index contributed by atoms with van der Waals surface area (Å²) in [5.74, 6) is -1.42. The van der Waals surface area contributed by atoms with Crippen molar-refractivity contribution in [3.63, 3.8) is 0 Å². The fraction of sp³-hybridized carbons (Fsp3) is 0.261. The Balaban J connectivity index is 1.76. The zero-order valence-electron chi connectivity index (χ0n) is 18.1. The molecule has 4 amide bonds. The summed E-state index contributed by atoms with van der Waals surface area (Å²) in [6, 6.07) is 10.5.